The van der Waals surface area contributed by atoms with Crippen LogP contribution >= 0.6 is 11.8 Å². The summed E-state index contributed by atoms with van der Waals surface area (Å²) < 4.78 is 21.5. The smallest absolute Gasteiger partial charge is 0.254 e. The lowest BCUT2D eigenvalue weighted by molar-refractivity contribution is 0.344. The molecule has 0 fully saturated rings. The number of nitrogens with one attached hydrogen (secondary N) is 2. The highest BCUT2D eigenvalue weighted by Crippen LogP contribution is 2.16. The van der Waals surface area contributed by atoms with Gasteiger partial charge in [0, 0.05) is 18.8 Å². The van der Waals surface area contributed by atoms with Gasteiger partial charge in [-0.1, -0.05) is 30.3 Å². The summed E-state index contributed by atoms with van der Waals surface area (Å²) in [4.78, 5) is 2.09. The van der Waals surface area contributed by atoms with Crippen molar-refractivity contribution < 1.29 is 8.63 Å². The molecule has 1 aromatic carbocycles. The maximum Gasteiger partial charge on any atom is 0.254 e. The number of rotatable bonds is 12. The molecule has 158 valence electrons. The molecule has 1 aromatic heterocycles. The monoisotopic (exact) mass is 435 g/mol. The van der Waals surface area contributed by atoms with Crippen LogP contribution in [0.5, 0.6) is 0 Å². The summed E-state index contributed by atoms with van der Waals surface area (Å²) >= 11 is 0.487. The first-order valence-electron chi connectivity index (χ1n) is 9.61. The number of hydrogen-bond donors (Lipinski definition) is 2. The van der Waals surface area contributed by atoms with Crippen LogP contribution in [0.4, 0.5) is 0 Å². The van der Waals surface area contributed by atoms with Crippen LogP contribution in [-0.4, -0.2) is 50.9 Å². The highest BCUT2D eigenvalue weighted by atomic mass is 32.2. The van der Waals surface area contributed by atoms with Crippen molar-refractivity contribution in [2.75, 3.05) is 32.9 Å². The van der Waals surface area contributed by atoms with Gasteiger partial charge >= 0.3 is 0 Å². The van der Waals surface area contributed by atoms with Crippen LogP contribution in [-0.2, 0) is 29.9 Å². The molecule has 29 heavy (non-hydrogen) atoms. The van der Waals surface area contributed by atoms with Crippen LogP contribution in [0.3, 0.4) is 0 Å². The first-order chi connectivity index (χ1) is 14.1. The summed E-state index contributed by atoms with van der Waals surface area (Å²) in [5.74, 6) is 3.71. The molecule has 2 heterocycles. The summed E-state index contributed by atoms with van der Waals surface area (Å²) in [7, 11) is 4.05. The first-order valence-corrected chi connectivity index (χ1v) is 11.8. The Morgan fingerprint density at radius 1 is 1.00 bits per heavy atom. The highest BCUT2D eigenvalue weighted by molar-refractivity contribution is 7.98. The van der Waals surface area contributed by atoms with Crippen LogP contribution in [0.1, 0.15) is 17.1 Å². The van der Waals surface area contributed by atoms with E-state index in [1.54, 1.807) is 33.0 Å². The van der Waals surface area contributed by atoms with Crippen molar-refractivity contribution in [2.45, 2.75) is 18.7 Å². The molecule has 0 radical (unpaired) electrons. The van der Waals surface area contributed by atoms with Gasteiger partial charge in [-0.05, 0) is 38.2 Å². The largest absolute Gasteiger partial charge is 0.464 e. The van der Waals surface area contributed by atoms with Gasteiger partial charge in [0.05, 0.1) is 24.7 Å². The van der Waals surface area contributed by atoms with Crippen molar-refractivity contribution in [1.29, 1.82) is 0 Å². The van der Waals surface area contributed by atoms with Crippen molar-refractivity contribution in [3.05, 3.63) is 71.9 Å². The zero-order chi connectivity index (χ0) is 20.5. The molecule has 0 saturated carbocycles. The van der Waals surface area contributed by atoms with E-state index in [4.69, 9.17) is 4.42 Å². The fourth-order valence-corrected chi connectivity index (χ4v) is 4.43. The molecule has 7 nitrogen and oxygen atoms in total. The number of nitrogens with zero attached hydrogens (tertiary/aromatic N) is 3. The van der Waals surface area contributed by atoms with E-state index in [9.17, 15) is 4.21 Å². The Morgan fingerprint density at radius 3 is 2.41 bits per heavy atom. The lowest BCUT2D eigenvalue weighted by atomic mass is 10.2. The van der Waals surface area contributed by atoms with Crippen LogP contribution in [0.15, 0.2) is 59.3 Å². The molecular weight excluding hydrogens is 406 g/mol. The van der Waals surface area contributed by atoms with E-state index in [1.165, 1.54) is 5.56 Å². The van der Waals surface area contributed by atoms with Gasteiger partial charge in [0.25, 0.3) is 11.2 Å². The highest BCUT2D eigenvalue weighted by Gasteiger charge is 2.21. The standard InChI is InChI=1S/C20H29N5O2S2/c1-23(2)16-19-8-9-20(27-19)17-28-15-12-22-25-14-13-24(29(25)26)21-11-10-18-6-4-3-5-7-18/h3-9,13-14,21-22H,10-12,15-17H2,1-2H3. The average molecular weight is 436 g/mol. The molecule has 1 aliphatic heterocycles. The van der Waals surface area contributed by atoms with E-state index >= 15 is 0 Å². The van der Waals surface area contributed by atoms with Crippen LogP contribution in [0.25, 0.3) is 0 Å². The van der Waals surface area contributed by atoms with Gasteiger partial charge in [-0.25, -0.2) is 23.9 Å². The SMILES string of the molecule is CN(C)Cc1ccc(CSCCNN2C=CN(NCCc3ccccc3)S2=O)o1. The summed E-state index contributed by atoms with van der Waals surface area (Å²) in [5.41, 5.74) is 7.64. The molecule has 0 saturated heterocycles. The Balaban J connectivity index is 1.28. The molecular formula is C20H29N5O2S2. The molecule has 1 aliphatic rings. The molecule has 1 unspecified atom stereocenters. The molecule has 9 heteroatoms. The van der Waals surface area contributed by atoms with Crippen LogP contribution in [0.2, 0.25) is 0 Å². The number of benzene rings is 1. The molecule has 1 atom stereocenters. The van der Waals surface area contributed by atoms with Crippen molar-refractivity contribution >= 4 is 22.9 Å². The fourth-order valence-electron chi connectivity index (χ4n) is 2.79. The predicted molar refractivity (Wildman–Crippen MR) is 119 cm³/mol. The van der Waals surface area contributed by atoms with E-state index < -0.39 is 11.2 Å². The second-order valence-corrected chi connectivity index (χ2v) is 9.24. The van der Waals surface area contributed by atoms with Crippen LogP contribution < -0.4 is 10.9 Å². The summed E-state index contributed by atoms with van der Waals surface area (Å²) in [6.07, 6.45) is 4.46. The van der Waals surface area contributed by atoms with Gasteiger partial charge in [-0.3, -0.25) is 0 Å². The maximum atomic E-state index is 12.5. The minimum absolute atomic E-state index is 0.725. The Kier molecular flexibility index (Phi) is 8.63. The minimum atomic E-state index is -1.30. The predicted octanol–water partition coefficient (Wildman–Crippen LogP) is 2.49. The number of hydrazine groups is 2. The van der Waals surface area contributed by atoms with E-state index in [0.29, 0.717) is 0 Å². The quantitative estimate of drug-likeness (QED) is 0.500. The van der Waals surface area contributed by atoms with Gasteiger partial charge in [0.2, 0.25) is 0 Å². The zero-order valence-electron chi connectivity index (χ0n) is 16.9. The van der Waals surface area contributed by atoms with Crippen molar-refractivity contribution in [3.8, 4) is 0 Å². The molecule has 0 aliphatic carbocycles. The second kappa shape index (κ2) is 11.4. The maximum absolute atomic E-state index is 12.5. The topological polar surface area (TPSA) is 64.0 Å². The number of furan rings is 1. The van der Waals surface area contributed by atoms with Gasteiger partial charge in [-0.15, -0.1) is 0 Å². The number of thioether (sulfide) groups is 1. The first kappa shape index (κ1) is 21.9. The third-order valence-electron chi connectivity index (χ3n) is 4.15. The normalized spacial score (nSPS) is 16.3. The van der Waals surface area contributed by atoms with Crippen LogP contribution in [0, 0.1) is 0 Å². The molecule has 3 rings (SSSR count). The van der Waals surface area contributed by atoms with E-state index in [2.05, 4.69) is 27.9 Å². The lowest BCUT2D eigenvalue weighted by Gasteiger charge is -2.20. The summed E-state index contributed by atoms with van der Waals surface area (Å²) in [5, 5.41) is 0. The Labute approximate surface area is 179 Å². The van der Waals surface area contributed by atoms with Crippen molar-refractivity contribution in [3.63, 3.8) is 0 Å². The summed E-state index contributed by atoms with van der Waals surface area (Å²) in [6.45, 7) is 2.27. The molecule has 2 aromatic rings. The fraction of sp³-hybridized carbons (Fsp3) is 0.400. The van der Waals surface area contributed by atoms with E-state index in [-0.39, 0.29) is 0 Å². The second-order valence-electron chi connectivity index (χ2n) is 6.89. The molecule has 0 spiro atoms. The Bertz CT molecular complexity index is 797. The lowest BCUT2D eigenvalue weighted by Crippen LogP contribution is -2.43. The Hall–Kier alpha value is -1.78. The van der Waals surface area contributed by atoms with E-state index in [1.807, 2.05) is 44.4 Å². The summed E-state index contributed by atoms with van der Waals surface area (Å²) in [6, 6.07) is 14.3. The van der Waals surface area contributed by atoms with Gasteiger partial charge in [-0.2, -0.15) is 11.8 Å². The average Bonchev–Trinajstić information content (AvgIpc) is 3.29. The van der Waals surface area contributed by atoms with Gasteiger partial charge < -0.3 is 9.32 Å². The van der Waals surface area contributed by atoms with Crippen molar-refractivity contribution in [1.82, 2.24) is 24.6 Å². The third kappa shape index (κ3) is 7.20. The van der Waals surface area contributed by atoms with Gasteiger partial charge in [0.1, 0.15) is 11.5 Å². The molecule has 0 amide bonds. The van der Waals surface area contributed by atoms with E-state index in [0.717, 1.165) is 49.1 Å². The molecule has 2 N–H and O–H groups in total. The third-order valence-corrected chi connectivity index (χ3v) is 6.30. The number of hydrogen-bond acceptors (Lipinski definition) is 6. The molecule has 0 bridgehead atoms. The zero-order valence-corrected chi connectivity index (χ0v) is 18.5. The van der Waals surface area contributed by atoms with Gasteiger partial charge in [0.15, 0.2) is 0 Å². The Morgan fingerprint density at radius 2 is 1.69 bits per heavy atom. The minimum Gasteiger partial charge on any atom is -0.464 e. The van der Waals surface area contributed by atoms with Crippen molar-refractivity contribution in [2.24, 2.45) is 0 Å².